The molecule has 1 fully saturated rings. The van der Waals surface area contributed by atoms with Crippen LogP contribution in [-0.4, -0.2) is 43.6 Å². The highest BCUT2D eigenvalue weighted by atomic mass is 15.2. The van der Waals surface area contributed by atoms with Gasteiger partial charge in [0.15, 0.2) is 0 Å². The van der Waals surface area contributed by atoms with Crippen molar-refractivity contribution in [3.8, 4) is 11.3 Å². The minimum Gasteiger partial charge on any atom is -0.333 e. The van der Waals surface area contributed by atoms with Crippen molar-refractivity contribution in [2.45, 2.75) is 25.6 Å². The largest absolute Gasteiger partial charge is 0.333 e. The van der Waals surface area contributed by atoms with Crippen LogP contribution < -0.4 is 5.73 Å². The van der Waals surface area contributed by atoms with E-state index in [1.165, 1.54) is 5.56 Å². The predicted molar refractivity (Wildman–Crippen MR) is 96.7 cm³/mol. The number of benzene rings is 1. The van der Waals surface area contributed by atoms with Gasteiger partial charge in [-0.25, -0.2) is 4.98 Å². The van der Waals surface area contributed by atoms with Crippen LogP contribution in [0.2, 0.25) is 0 Å². The van der Waals surface area contributed by atoms with Crippen LogP contribution in [0.1, 0.15) is 17.7 Å². The normalized spacial score (nSPS) is 17.9. The summed E-state index contributed by atoms with van der Waals surface area (Å²) in [5.41, 5.74) is 10.2. The Kier molecular flexibility index (Phi) is 4.54. The number of nitrogens with two attached hydrogens (primary N) is 1. The van der Waals surface area contributed by atoms with Crippen molar-refractivity contribution >= 4 is 0 Å². The Hall–Kier alpha value is -2.57. The Bertz CT molecular complexity index is 795. The zero-order chi connectivity index (χ0) is 17.1. The molecule has 25 heavy (non-hydrogen) atoms. The molecule has 1 atom stereocenters. The van der Waals surface area contributed by atoms with Crippen molar-refractivity contribution in [2.75, 3.05) is 13.1 Å². The molecule has 1 aromatic carbocycles. The van der Waals surface area contributed by atoms with Gasteiger partial charge in [0.25, 0.3) is 0 Å². The first kappa shape index (κ1) is 15.9. The SMILES string of the molecule is NC1CCN(Cc2cnc(-c3ccc(Cn4ccnc4)cc3)cn2)C1. The van der Waals surface area contributed by atoms with E-state index in [0.717, 1.165) is 49.6 Å². The van der Waals surface area contributed by atoms with E-state index in [4.69, 9.17) is 5.73 Å². The number of aromatic nitrogens is 4. The predicted octanol–water partition coefficient (Wildman–Crippen LogP) is 1.92. The average Bonchev–Trinajstić information content (AvgIpc) is 3.28. The molecule has 6 heteroatoms. The maximum Gasteiger partial charge on any atom is 0.0949 e. The highest BCUT2D eigenvalue weighted by Crippen LogP contribution is 2.18. The molecule has 2 N–H and O–H groups in total. The van der Waals surface area contributed by atoms with Gasteiger partial charge in [0.05, 0.1) is 30.1 Å². The van der Waals surface area contributed by atoms with Crippen LogP contribution in [0.3, 0.4) is 0 Å². The number of hydrogen-bond donors (Lipinski definition) is 1. The van der Waals surface area contributed by atoms with E-state index in [2.05, 4.69) is 44.1 Å². The molecule has 0 saturated carbocycles. The number of likely N-dealkylation sites (tertiary alicyclic amines) is 1. The monoisotopic (exact) mass is 334 g/mol. The van der Waals surface area contributed by atoms with Crippen LogP contribution in [-0.2, 0) is 13.1 Å². The minimum absolute atomic E-state index is 0.299. The van der Waals surface area contributed by atoms with Gasteiger partial charge in [0, 0.05) is 50.2 Å². The summed E-state index contributed by atoms with van der Waals surface area (Å²) in [7, 11) is 0. The molecule has 0 amide bonds. The Morgan fingerprint density at radius 1 is 1.08 bits per heavy atom. The van der Waals surface area contributed by atoms with E-state index >= 15 is 0 Å². The molecule has 0 radical (unpaired) electrons. The lowest BCUT2D eigenvalue weighted by atomic mass is 10.1. The van der Waals surface area contributed by atoms with Crippen LogP contribution in [0.5, 0.6) is 0 Å². The molecule has 1 aliphatic heterocycles. The lowest BCUT2D eigenvalue weighted by Crippen LogP contribution is -2.26. The van der Waals surface area contributed by atoms with Crippen molar-refractivity contribution in [1.82, 2.24) is 24.4 Å². The summed E-state index contributed by atoms with van der Waals surface area (Å²) in [6, 6.07) is 8.73. The summed E-state index contributed by atoms with van der Waals surface area (Å²) in [5.74, 6) is 0. The van der Waals surface area contributed by atoms with E-state index in [1.54, 1.807) is 6.20 Å². The van der Waals surface area contributed by atoms with Gasteiger partial charge in [-0.15, -0.1) is 0 Å². The lowest BCUT2D eigenvalue weighted by Gasteiger charge is -2.14. The van der Waals surface area contributed by atoms with Crippen LogP contribution in [0, 0.1) is 0 Å². The van der Waals surface area contributed by atoms with Gasteiger partial charge in [-0.3, -0.25) is 14.9 Å². The summed E-state index contributed by atoms with van der Waals surface area (Å²) in [5, 5.41) is 0. The fourth-order valence-corrected chi connectivity index (χ4v) is 3.19. The van der Waals surface area contributed by atoms with Crippen LogP contribution >= 0.6 is 0 Å². The summed E-state index contributed by atoms with van der Waals surface area (Å²) in [6.07, 6.45) is 10.4. The van der Waals surface area contributed by atoms with Gasteiger partial charge < -0.3 is 10.3 Å². The van der Waals surface area contributed by atoms with E-state index < -0.39 is 0 Å². The third-order valence-corrected chi connectivity index (χ3v) is 4.57. The maximum absolute atomic E-state index is 5.95. The van der Waals surface area contributed by atoms with Crippen LogP contribution in [0.4, 0.5) is 0 Å². The van der Waals surface area contributed by atoms with Crippen molar-refractivity contribution in [1.29, 1.82) is 0 Å². The number of nitrogens with zero attached hydrogens (tertiary/aromatic N) is 5. The van der Waals surface area contributed by atoms with Crippen molar-refractivity contribution in [3.05, 3.63) is 66.6 Å². The number of rotatable bonds is 5. The third-order valence-electron chi connectivity index (χ3n) is 4.57. The molecule has 0 spiro atoms. The third kappa shape index (κ3) is 3.92. The second-order valence-electron chi connectivity index (χ2n) is 6.61. The number of imidazole rings is 1. The van der Waals surface area contributed by atoms with Gasteiger partial charge in [-0.05, 0) is 12.0 Å². The zero-order valence-electron chi connectivity index (χ0n) is 14.1. The molecule has 3 heterocycles. The molecule has 1 unspecified atom stereocenters. The van der Waals surface area contributed by atoms with Crippen LogP contribution in [0.15, 0.2) is 55.4 Å². The van der Waals surface area contributed by atoms with E-state index in [9.17, 15) is 0 Å². The Morgan fingerprint density at radius 3 is 2.60 bits per heavy atom. The van der Waals surface area contributed by atoms with Crippen molar-refractivity contribution in [3.63, 3.8) is 0 Å². The minimum atomic E-state index is 0.299. The molecule has 1 aliphatic rings. The van der Waals surface area contributed by atoms with Gasteiger partial charge in [0.1, 0.15) is 0 Å². The van der Waals surface area contributed by atoms with Gasteiger partial charge in [-0.2, -0.15) is 0 Å². The second-order valence-corrected chi connectivity index (χ2v) is 6.61. The second kappa shape index (κ2) is 7.13. The van der Waals surface area contributed by atoms with Crippen LogP contribution in [0.25, 0.3) is 11.3 Å². The van der Waals surface area contributed by atoms with Gasteiger partial charge in [0.2, 0.25) is 0 Å². The maximum atomic E-state index is 5.95. The number of hydrogen-bond acceptors (Lipinski definition) is 5. The first-order chi connectivity index (χ1) is 12.3. The van der Waals surface area contributed by atoms with E-state index in [1.807, 2.05) is 29.5 Å². The summed E-state index contributed by atoms with van der Waals surface area (Å²) in [6.45, 7) is 3.64. The molecule has 3 aromatic rings. The molecular weight excluding hydrogens is 312 g/mol. The lowest BCUT2D eigenvalue weighted by molar-refractivity contribution is 0.322. The molecule has 0 aliphatic carbocycles. The molecule has 128 valence electrons. The average molecular weight is 334 g/mol. The summed E-state index contributed by atoms with van der Waals surface area (Å²) in [4.78, 5) is 15.5. The molecule has 2 aromatic heterocycles. The van der Waals surface area contributed by atoms with Crippen molar-refractivity contribution < 1.29 is 0 Å². The van der Waals surface area contributed by atoms with Gasteiger partial charge in [-0.1, -0.05) is 24.3 Å². The highest BCUT2D eigenvalue weighted by molar-refractivity contribution is 5.58. The molecule has 6 nitrogen and oxygen atoms in total. The first-order valence-corrected chi connectivity index (χ1v) is 8.60. The first-order valence-electron chi connectivity index (χ1n) is 8.60. The van der Waals surface area contributed by atoms with Gasteiger partial charge >= 0.3 is 0 Å². The molecule has 0 bridgehead atoms. The van der Waals surface area contributed by atoms with E-state index in [-0.39, 0.29) is 0 Å². The van der Waals surface area contributed by atoms with E-state index in [0.29, 0.717) is 6.04 Å². The van der Waals surface area contributed by atoms with Crippen molar-refractivity contribution in [2.24, 2.45) is 5.73 Å². The topological polar surface area (TPSA) is 72.9 Å². The standard InChI is InChI=1S/C19H22N6/c20-17-5-7-24(12-17)13-18-9-23-19(10-22-18)16-3-1-15(2-4-16)11-25-8-6-21-14-25/h1-4,6,8-10,14,17H,5,7,11-13,20H2. The summed E-state index contributed by atoms with van der Waals surface area (Å²) < 4.78 is 2.05. The highest BCUT2D eigenvalue weighted by Gasteiger charge is 2.19. The quantitative estimate of drug-likeness (QED) is 0.772. The molecule has 4 rings (SSSR count). The fourth-order valence-electron chi connectivity index (χ4n) is 3.19. The summed E-state index contributed by atoms with van der Waals surface area (Å²) >= 11 is 0. The fraction of sp³-hybridized carbons (Fsp3) is 0.316. The Labute approximate surface area is 147 Å². The Morgan fingerprint density at radius 2 is 1.96 bits per heavy atom. The smallest absolute Gasteiger partial charge is 0.0949 e. The molecule has 1 saturated heterocycles. The molecular formula is C19H22N6. The Balaban J connectivity index is 1.41. The zero-order valence-corrected chi connectivity index (χ0v) is 14.1.